The molecule has 32 heavy (non-hydrogen) atoms. The Morgan fingerprint density at radius 3 is 2.06 bits per heavy atom. The number of hydrogen-bond donors (Lipinski definition) is 1. The van der Waals surface area contributed by atoms with E-state index in [9.17, 15) is 19.2 Å². The predicted molar refractivity (Wildman–Crippen MR) is 106 cm³/mol. The molecule has 0 bridgehead atoms. The molecule has 1 aliphatic heterocycles. The van der Waals surface area contributed by atoms with Crippen LogP contribution in [0.5, 0.6) is 5.75 Å². The topological polar surface area (TPSA) is 150 Å². The zero-order valence-corrected chi connectivity index (χ0v) is 18.0. The van der Waals surface area contributed by atoms with E-state index in [1.54, 1.807) is 0 Å². The summed E-state index contributed by atoms with van der Waals surface area (Å²) in [6.07, 6.45) is -4.70. The fraction of sp³-hybridized carbons (Fsp3) is 0.476. The minimum atomic E-state index is -1.22. The maximum Gasteiger partial charge on any atom is 0.303 e. The predicted octanol–water partition coefficient (Wildman–Crippen LogP) is 0.593. The molecule has 1 saturated heterocycles. The third-order valence-electron chi connectivity index (χ3n) is 4.31. The van der Waals surface area contributed by atoms with Gasteiger partial charge in [0.25, 0.3) is 0 Å². The van der Waals surface area contributed by atoms with Crippen molar-refractivity contribution in [1.82, 2.24) is 5.32 Å². The Morgan fingerprint density at radius 1 is 0.969 bits per heavy atom. The molecule has 0 unspecified atom stereocenters. The number of carbonyl (C=O) groups is 4. The third-order valence-corrected chi connectivity index (χ3v) is 4.31. The van der Waals surface area contributed by atoms with Crippen LogP contribution in [0.2, 0.25) is 0 Å². The van der Waals surface area contributed by atoms with Gasteiger partial charge >= 0.3 is 17.9 Å². The van der Waals surface area contributed by atoms with E-state index in [4.69, 9.17) is 28.9 Å². The van der Waals surface area contributed by atoms with Gasteiger partial charge in [0.15, 0.2) is 12.2 Å². The minimum absolute atomic E-state index is 0.295. The molecule has 5 atom stereocenters. The van der Waals surface area contributed by atoms with E-state index in [2.05, 4.69) is 5.32 Å². The molecule has 1 amide bonds. The number of rotatable bonds is 7. The Kier molecular flexibility index (Phi) is 8.54. The van der Waals surface area contributed by atoms with Gasteiger partial charge in [-0.05, 0) is 24.3 Å². The Morgan fingerprint density at radius 2 is 1.56 bits per heavy atom. The van der Waals surface area contributed by atoms with Crippen molar-refractivity contribution in [3.63, 3.8) is 0 Å². The average molecular weight is 448 g/mol. The molecule has 2 rings (SSSR count). The Balaban J connectivity index is 2.43. The Hall–Kier alpha value is -3.65. The zero-order chi connectivity index (χ0) is 23.8. The van der Waals surface area contributed by atoms with Gasteiger partial charge in [0.05, 0.1) is 11.6 Å². The fourth-order valence-electron chi connectivity index (χ4n) is 3.13. The maximum absolute atomic E-state index is 11.9. The normalized spacial score (nSPS) is 24.4. The van der Waals surface area contributed by atoms with Crippen LogP contribution in [0.4, 0.5) is 0 Å². The van der Waals surface area contributed by atoms with Gasteiger partial charge in [-0.3, -0.25) is 19.2 Å². The van der Waals surface area contributed by atoms with Gasteiger partial charge in [-0.15, -0.1) is 0 Å². The molecule has 1 heterocycles. The second-order valence-corrected chi connectivity index (χ2v) is 6.97. The number of benzene rings is 1. The van der Waals surface area contributed by atoms with Crippen LogP contribution >= 0.6 is 0 Å². The summed E-state index contributed by atoms with van der Waals surface area (Å²) in [4.78, 5) is 46.7. The largest absolute Gasteiger partial charge is 0.463 e. The number of ether oxygens (including phenoxy) is 5. The molecule has 1 aromatic rings. The van der Waals surface area contributed by atoms with Gasteiger partial charge < -0.3 is 29.0 Å². The van der Waals surface area contributed by atoms with E-state index in [0.29, 0.717) is 11.3 Å². The molecule has 0 radical (unpaired) electrons. The van der Waals surface area contributed by atoms with Gasteiger partial charge in [-0.1, -0.05) is 0 Å². The summed E-state index contributed by atoms with van der Waals surface area (Å²) in [5, 5.41) is 11.6. The van der Waals surface area contributed by atoms with Crippen LogP contribution < -0.4 is 10.1 Å². The molecule has 11 nitrogen and oxygen atoms in total. The molecule has 172 valence electrons. The lowest BCUT2D eigenvalue weighted by Gasteiger charge is -2.44. The highest BCUT2D eigenvalue weighted by Gasteiger charge is 2.51. The number of carbonyl (C=O) groups excluding carboxylic acids is 4. The Labute approximate surface area is 184 Å². The summed E-state index contributed by atoms with van der Waals surface area (Å²) in [6.45, 7) is 4.42. The number of esters is 3. The van der Waals surface area contributed by atoms with Crippen molar-refractivity contribution in [3.05, 3.63) is 29.8 Å². The summed E-state index contributed by atoms with van der Waals surface area (Å²) in [5.74, 6) is -2.19. The van der Waals surface area contributed by atoms with Crippen molar-refractivity contribution in [2.24, 2.45) is 0 Å². The first-order chi connectivity index (χ1) is 15.1. The molecule has 0 saturated carbocycles. The first-order valence-corrected chi connectivity index (χ1v) is 9.68. The second kappa shape index (κ2) is 11.1. The van der Waals surface area contributed by atoms with E-state index in [0.717, 1.165) is 13.8 Å². The summed E-state index contributed by atoms with van der Waals surface area (Å²) in [5.41, 5.74) is 0.403. The lowest BCUT2D eigenvalue weighted by molar-refractivity contribution is -0.257. The van der Waals surface area contributed by atoms with Gasteiger partial charge in [-0.25, -0.2) is 0 Å². The maximum atomic E-state index is 11.9. The molecule has 1 aliphatic rings. The van der Waals surface area contributed by atoms with Crippen LogP contribution in [0.1, 0.15) is 33.3 Å². The summed E-state index contributed by atoms with van der Waals surface area (Å²) >= 11 is 0. The molecule has 1 fully saturated rings. The smallest absolute Gasteiger partial charge is 0.303 e. The van der Waals surface area contributed by atoms with E-state index in [1.165, 1.54) is 38.1 Å². The average Bonchev–Trinajstić information content (AvgIpc) is 2.70. The number of nitrogens with one attached hydrogen (secondary N) is 1. The lowest BCUT2D eigenvalue weighted by atomic mass is 9.96. The highest BCUT2D eigenvalue weighted by Crippen LogP contribution is 2.29. The van der Waals surface area contributed by atoms with Crippen molar-refractivity contribution in [3.8, 4) is 11.8 Å². The van der Waals surface area contributed by atoms with E-state index >= 15 is 0 Å². The molecular weight excluding hydrogens is 424 g/mol. The third kappa shape index (κ3) is 6.95. The number of hydrogen-bond acceptors (Lipinski definition) is 10. The van der Waals surface area contributed by atoms with Crippen molar-refractivity contribution >= 4 is 23.8 Å². The second-order valence-electron chi connectivity index (χ2n) is 6.97. The van der Waals surface area contributed by atoms with Crippen LogP contribution in [0.15, 0.2) is 24.3 Å². The van der Waals surface area contributed by atoms with Crippen molar-refractivity contribution in [1.29, 1.82) is 5.26 Å². The van der Waals surface area contributed by atoms with Crippen LogP contribution in [0.3, 0.4) is 0 Å². The number of amides is 1. The standard InChI is InChI=1S/C21H24N2O9/c1-11(24)23-18-20(30-14(4)27)19(29-13(3)26)17(10-28-12(2)25)32-21(18)31-16-7-5-15(9-22)6-8-16/h5-8,17-21H,10H2,1-4H3,(H,23,24)/t17-,18-,19-,20-,21-/m1/s1. The first kappa shape index (κ1) is 24.6. The highest BCUT2D eigenvalue weighted by atomic mass is 16.7. The van der Waals surface area contributed by atoms with Gasteiger partial charge in [0, 0.05) is 27.7 Å². The molecule has 1 N–H and O–H groups in total. The van der Waals surface area contributed by atoms with Crippen LogP contribution in [-0.2, 0) is 38.1 Å². The summed E-state index contributed by atoms with van der Waals surface area (Å²) in [6, 6.07) is 6.99. The van der Waals surface area contributed by atoms with Crippen molar-refractivity contribution in [2.75, 3.05) is 6.61 Å². The monoisotopic (exact) mass is 448 g/mol. The minimum Gasteiger partial charge on any atom is -0.463 e. The zero-order valence-electron chi connectivity index (χ0n) is 18.0. The highest BCUT2D eigenvalue weighted by molar-refractivity contribution is 5.73. The van der Waals surface area contributed by atoms with E-state index in [-0.39, 0.29) is 6.61 Å². The molecule has 0 spiro atoms. The van der Waals surface area contributed by atoms with Crippen LogP contribution in [-0.4, -0.2) is 61.1 Å². The number of nitrogens with zero attached hydrogens (tertiary/aromatic N) is 1. The molecule has 0 aromatic heterocycles. The van der Waals surface area contributed by atoms with Gasteiger partial charge in [-0.2, -0.15) is 5.26 Å². The molecular formula is C21H24N2O9. The molecule has 11 heteroatoms. The van der Waals surface area contributed by atoms with Crippen LogP contribution in [0.25, 0.3) is 0 Å². The SMILES string of the molecule is CC(=O)N[C@H]1[C@H](Oc2ccc(C#N)cc2)O[C@H](COC(C)=O)[C@@H](OC(C)=O)[C@@H]1OC(C)=O. The van der Waals surface area contributed by atoms with Crippen molar-refractivity contribution in [2.45, 2.75) is 58.3 Å². The van der Waals surface area contributed by atoms with E-state index < -0.39 is 54.5 Å². The Bertz CT molecular complexity index is 894. The number of nitriles is 1. The van der Waals surface area contributed by atoms with Gasteiger partial charge in [0.1, 0.15) is 24.5 Å². The molecule has 0 aliphatic carbocycles. The van der Waals surface area contributed by atoms with E-state index in [1.807, 2.05) is 6.07 Å². The molecule has 1 aromatic carbocycles. The van der Waals surface area contributed by atoms with Gasteiger partial charge in [0.2, 0.25) is 12.2 Å². The first-order valence-electron chi connectivity index (χ1n) is 9.68. The van der Waals surface area contributed by atoms with Crippen LogP contribution in [0, 0.1) is 11.3 Å². The fourth-order valence-corrected chi connectivity index (χ4v) is 3.13. The summed E-state index contributed by atoms with van der Waals surface area (Å²) in [7, 11) is 0. The lowest BCUT2D eigenvalue weighted by Crippen LogP contribution is -2.67. The quantitative estimate of drug-likeness (QED) is 0.464. The summed E-state index contributed by atoms with van der Waals surface area (Å²) < 4.78 is 27.5. The van der Waals surface area contributed by atoms with Crippen molar-refractivity contribution < 1.29 is 42.9 Å².